The monoisotopic (exact) mass is 412 g/mol. The van der Waals surface area contributed by atoms with Crippen LogP contribution in [0.15, 0.2) is 35.3 Å². The normalized spacial score (nSPS) is 19.3. The van der Waals surface area contributed by atoms with Crippen molar-refractivity contribution >= 4 is 22.4 Å². The van der Waals surface area contributed by atoms with E-state index in [9.17, 15) is 14.0 Å². The summed E-state index contributed by atoms with van der Waals surface area (Å²) in [6, 6.07) is 3.38. The number of carbonyl (C=O) groups excluding carboxylic acids is 1. The number of esters is 1. The number of anilines is 1. The Balaban J connectivity index is 1.79. The first-order valence-electron chi connectivity index (χ1n) is 11.0. The number of rotatable bonds is 6. The smallest absolute Gasteiger partial charge is 0.326 e. The van der Waals surface area contributed by atoms with Crippen LogP contribution in [0.5, 0.6) is 0 Å². The number of nitrogens with one attached hydrogen (secondary N) is 1. The minimum atomic E-state index is -0.470. The second-order valence-electron chi connectivity index (χ2n) is 8.29. The van der Waals surface area contributed by atoms with Crippen LogP contribution in [-0.4, -0.2) is 23.2 Å². The molecule has 5 nitrogen and oxygen atoms in total. The highest BCUT2D eigenvalue weighted by Crippen LogP contribution is 2.35. The summed E-state index contributed by atoms with van der Waals surface area (Å²) in [6.07, 6.45) is 13.5. The van der Waals surface area contributed by atoms with Gasteiger partial charge in [-0.15, -0.1) is 0 Å². The number of allylic oxidation sites excluding steroid dienone is 2. The molecule has 1 unspecified atom stereocenters. The van der Waals surface area contributed by atoms with Gasteiger partial charge in [-0.1, -0.05) is 31.4 Å². The van der Waals surface area contributed by atoms with Gasteiger partial charge in [0.05, 0.1) is 17.7 Å². The molecule has 1 aromatic heterocycles. The lowest BCUT2D eigenvalue weighted by atomic mass is 9.93. The Morgan fingerprint density at radius 3 is 2.70 bits per heavy atom. The van der Waals surface area contributed by atoms with Crippen molar-refractivity contribution in [2.75, 3.05) is 11.9 Å². The highest BCUT2D eigenvalue weighted by atomic mass is 19.1. The number of ether oxygens (including phenoxy) is 1. The molecule has 2 aliphatic rings. The molecule has 4 rings (SSSR count). The molecule has 1 N–H and O–H groups in total. The van der Waals surface area contributed by atoms with E-state index in [2.05, 4.69) is 17.5 Å². The van der Waals surface area contributed by atoms with Crippen LogP contribution in [0, 0.1) is 5.82 Å². The molecule has 0 bridgehead atoms. The summed E-state index contributed by atoms with van der Waals surface area (Å²) in [6.45, 7) is 1.81. The first-order valence-corrected chi connectivity index (χ1v) is 11.0. The Bertz CT molecular complexity index is 1020. The Morgan fingerprint density at radius 2 is 2.00 bits per heavy atom. The fourth-order valence-corrected chi connectivity index (χ4v) is 4.67. The minimum Gasteiger partial charge on any atom is -0.465 e. The second kappa shape index (κ2) is 9.02. The summed E-state index contributed by atoms with van der Waals surface area (Å²) in [4.78, 5) is 25.0. The predicted molar refractivity (Wildman–Crippen MR) is 116 cm³/mol. The van der Waals surface area contributed by atoms with Crippen LogP contribution >= 0.6 is 0 Å². The predicted octanol–water partition coefficient (Wildman–Crippen LogP) is 4.88. The molecule has 1 heterocycles. The largest absolute Gasteiger partial charge is 0.465 e. The molecule has 1 fully saturated rings. The SMILES string of the molecule is CCOC(=O)Cn1cc(C2C=CCC2)c2cc(NC3CCCCC3)c(F)cc2c1=O. The number of fused-ring (bicyclic) bond motifs is 1. The van der Waals surface area contributed by atoms with Crippen molar-refractivity contribution in [1.82, 2.24) is 4.57 Å². The molecule has 30 heavy (non-hydrogen) atoms. The Labute approximate surface area is 175 Å². The van der Waals surface area contributed by atoms with Crippen molar-refractivity contribution in [3.63, 3.8) is 0 Å². The van der Waals surface area contributed by atoms with E-state index < -0.39 is 11.8 Å². The van der Waals surface area contributed by atoms with E-state index in [1.54, 1.807) is 19.2 Å². The zero-order valence-electron chi connectivity index (χ0n) is 17.5. The van der Waals surface area contributed by atoms with Crippen molar-refractivity contribution in [2.24, 2.45) is 0 Å². The third kappa shape index (κ3) is 4.27. The van der Waals surface area contributed by atoms with E-state index in [0.29, 0.717) is 11.1 Å². The van der Waals surface area contributed by atoms with E-state index >= 15 is 0 Å². The van der Waals surface area contributed by atoms with Gasteiger partial charge in [-0.05, 0) is 55.7 Å². The van der Waals surface area contributed by atoms with Crippen molar-refractivity contribution in [3.05, 3.63) is 52.2 Å². The minimum absolute atomic E-state index is 0.148. The van der Waals surface area contributed by atoms with Crippen LogP contribution in [-0.2, 0) is 16.1 Å². The van der Waals surface area contributed by atoms with Gasteiger partial charge in [0, 0.05) is 18.2 Å². The Morgan fingerprint density at radius 1 is 1.20 bits per heavy atom. The molecule has 1 aromatic carbocycles. The molecule has 2 aromatic rings. The second-order valence-corrected chi connectivity index (χ2v) is 8.29. The lowest BCUT2D eigenvalue weighted by Crippen LogP contribution is -2.27. The fourth-order valence-electron chi connectivity index (χ4n) is 4.67. The van der Waals surface area contributed by atoms with Gasteiger partial charge in [-0.2, -0.15) is 0 Å². The third-order valence-corrected chi connectivity index (χ3v) is 6.19. The van der Waals surface area contributed by atoms with E-state index in [4.69, 9.17) is 4.74 Å². The van der Waals surface area contributed by atoms with E-state index in [1.165, 1.54) is 17.1 Å². The van der Waals surface area contributed by atoms with Crippen LogP contribution in [0.4, 0.5) is 10.1 Å². The molecule has 6 heteroatoms. The maximum Gasteiger partial charge on any atom is 0.326 e. The van der Waals surface area contributed by atoms with Crippen LogP contribution in [0.3, 0.4) is 0 Å². The third-order valence-electron chi connectivity index (χ3n) is 6.19. The Hall–Kier alpha value is -2.63. The summed E-state index contributed by atoms with van der Waals surface area (Å²) < 4.78 is 21.3. The average Bonchev–Trinajstić information content (AvgIpc) is 3.27. The molecule has 0 spiro atoms. The molecule has 0 saturated heterocycles. The van der Waals surface area contributed by atoms with Gasteiger partial charge in [-0.3, -0.25) is 9.59 Å². The molecule has 2 aliphatic carbocycles. The van der Waals surface area contributed by atoms with Gasteiger partial charge in [0.1, 0.15) is 12.4 Å². The molecular formula is C24H29FN2O3. The number of carbonyl (C=O) groups is 1. The maximum atomic E-state index is 15.0. The van der Waals surface area contributed by atoms with Gasteiger partial charge >= 0.3 is 5.97 Å². The zero-order valence-corrected chi connectivity index (χ0v) is 17.5. The fraction of sp³-hybridized carbons (Fsp3) is 0.500. The van der Waals surface area contributed by atoms with Gasteiger partial charge in [0.2, 0.25) is 0 Å². The van der Waals surface area contributed by atoms with Crippen LogP contribution < -0.4 is 10.9 Å². The standard InChI is InChI=1S/C24H29FN2O3/c1-2-30-23(28)15-27-14-20(16-8-6-7-9-16)18-13-22(21(25)12-19(18)24(27)29)26-17-10-4-3-5-11-17/h6,8,12-14,16-17,26H,2-5,7,9-11,15H2,1H3. The van der Waals surface area contributed by atoms with Gasteiger partial charge in [-0.25, -0.2) is 4.39 Å². The molecule has 1 saturated carbocycles. The zero-order chi connectivity index (χ0) is 21.1. The van der Waals surface area contributed by atoms with E-state index in [0.717, 1.165) is 49.5 Å². The summed E-state index contributed by atoms with van der Waals surface area (Å²) in [5.74, 6) is -0.746. The van der Waals surface area contributed by atoms with Gasteiger partial charge in [0.25, 0.3) is 5.56 Å². The number of nitrogens with zero attached hydrogens (tertiary/aromatic N) is 1. The number of hydrogen-bond acceptors (Lipinski definition) is 4. The summed E-state index contributed by atoms with van der Waals surface area (Å²) in [5, 5.41) is 4.44. The van der Waals surface area contributed by atoms with Crippen molar-refractivity contribution in [1.29, 1.82) is 0 Å². The number of hydrogen-bond donors (Lipinski definition) is 1. The molecule has 160 valence electrons. The Kier molecular flexibility index (Phi) is 6.21. The highest BCUT2D eigenvalue weighted by Gasteiger charge is 2.22. The molecule has 0 aliphatic heterocycles. The van der Waals surface area contributed by atoms with Gasteiger partial charge in [0.15, 0.2) is 0 Å². The van der Waals surface area contributed by atoms with Crippen molar-refractivity contribution < 1.29 is 13.9 Å². The average molecular weight is 413 g/mol. The summed E-state index contributed by atoms with van der Waals surface area (Å²) >= 11 is 0. The summed E-state index contributed by atoms with van der Waals surface area (Å²) in [7, 11) is 0. The van der Waals surface area contributed by atoms with Crippen LogP contribution in [0.1, 0.15) is 63.4 Å². The highest BCUT2D eigenvalue weighted by molar-refractivity contribution is 5.89. The summed E-state index contributed by atoms with van der Waals surface area (Å²) in [5.41, 5.74) is 1.04. The maximum absolute atomic E-state index is 15.0. The van der Waals surface area contributed by atoms with E-state index in [-0.39, 0.29) is 30.7 Å². The molecule has 0 amide bonds. The van der Waals surface area contributed by atoms with Crippen molar-refractivity contribution in [3.8, 4) is 0 Å². The molecule has 0 radical (unpaired) electrons. The first-order chi connectivity index (χ1) is 14.6. The number of halogens is 1. The topological polar surface area (TPSA) is 60.3 Å². The van der Waals surface area contributed by atoms with Crippen LogP contribution in [0.25, 0.3) is 10.8 Å². The molecular weight excluding hydrogens is 383 g/mol. The van der Waals surface area contributed by atoms with Crippen LogP contribution in [0.2, 0.25) is 0 Å². The lowest BCUT2D eigenvalue weighted by molar-refractivity contribution is -0.143. The van der Waals surface area contributed by atoms with Crippen molar-refractivity contribution in [2.45, 2.75) is 70.4 Å². The number of benzene rings is 1. The van der Waals surface area contributed by atoms with E-state index in [1.807, 2.05) is 0 Å². The number of aromatic nitrogens is 1. The lowest BCUT2D eigenvalue weighted by Gasteiger charge is -2.24. The first kappa shape index (κ1) is 20.6. The quantitative estimate of drug-likeness (QED) is 0.543. The molecule has 1 atom stereocenters. The number of pyridine rings is 1. The van der Waals surface area contributed by atoms with Gasteiger partial charge < -0.3 is 14.6 Å².